The van der Waals surface area contributed by atoms with E-state index in [1.54, 1.807) is 0 Å². The highest BCUT2D eigenvalue weighted by Gasteiger charge is 2.24. The Balaban J connectivity index is 1.63. The Morgan fingerprint density at radius 1 is 1.06 bits per heavy atom. The Labute approximate surface area is 110 Å². The van der Waals surface area contributed by atoms with Gasteiger partial charge in [-0.25, -0.2) is 0 Å². The van der Waals surface area contributed by atoms with Gasteiger partial charge < -0.3 is 5.11 Å². The molecular formula is C17H24O. The van der Waals surface area contributed by atoms with Crippen LogP contribution in [0.4, 0.5) is 0 Å². The molecule has 18 heavy (non-hydrogen) atoms. The quantitative estimate of drug-likeness (QED) is 0.822. The van der Waals surface area contributed by atoms with Crippen LogP contribution in [0.15, 0.2) is 24.3 Å². The molecule has 1 N–H and O–H groups in total. The molecule has 0 spiro atoms. The summed E-state index contributed by atoms with van der Waals surface area (Å²) in [6.45, 7) is 0. The molecule has 0 aliphatic heterocycles. The van der Waals surface area contributed by atoms with Crippen LogP contribution < -0.4 is 0 Å². The van der Waals surface area contributed by atoms with Gasteiger partial charge in [-0.1, -0.05) is 56.4 Å². The Hall–Kier alpha value is -0.820. The second-order valence-corrected chi connectivity index (χ2v) is 6.20. The molecule has 98 valence electrons. The standard InChI is InChI=1S/C17H24O/c18-17(11-13-5-2-1-3-6-13)16-8-4-7-15(12-16)14-9-10-14/h4,7-8,12-14,17-18H,1-3,5-6,9-11H2. The van der Waals surface area contributed by atoms with E-state index in [0.717, 1.165) is 23.8 Å². The van der Waals surface area contributed by atoms with Gasteiger partial charge in [0.1, 0.15) is 0 Å². The summed E-state index contributed by atoms with van der Waals surface area (Å²) in [6, 6.07) is 8.67. The van der Waals surface area contributed by atoms with Crippen LogP contribution in [-0.4, -0.2) is 5.11 Å². The van der Waals surface area contributed by atoms with Crippen molar-refractivity contribution in [3.8, 4) is 0 Å². The second kappa shape index (κ2) is 5.44. The minimum absolute atomic E-state index is 0.244. The molecule has 0 aromatic heterocycles. The number of hydrogen-bond donors (Lipinski definition) is 1. The summed E-state index contributed by atoms with van der Waals surface area (Å²) < 4.78 is 0. The zero-order valence-corrected chi connectivity index (χ0v) is 11.1. The van der Waals surface area contributed by atoms with E-state index in [4.69, 9.17) is 0 Å². The lowest BCUT2D eigenvalue weighted by atomic mass is 9.84. The first-order valence-electron chi connectivity index (χ1n) is 7.61. The monoisotopic (exact) mass is 244 g/mol. The molecule has 2 fully saturated rings. The minimum Gasteiger partial charge on any atom is -0.388 e. The van der Waals surface area contributed by atoms with Crippen molar-refractivity contribution in [3.63, 3.8) is 0 Å². The van der Waals surface area contributed by atoms with Gasteiger partial charge >= 0.3 is 0 Å². The molecule has 1 aromatic rings. The highest BCUT2D eigenvalue weighted by Crippen LogP contribution is 2.41. The van der Waals surface area contributed by atoms with Gasteiger partial charge in [-0.2, -0.15) is 0 Å². The van der Waals surface area contributed by atoms with E-state index in [1.807, 2.05) is 0 Å². The average Bonchev–Trinajstić information content (AvgIpc) is 3.24. The van der Waals surface area contributed by atoms with Gasteiger partial charge in [-0.3, -0.25) is 0 Å². The van der Waals surface area contributed by atoms with Crippen molar-refractivity contribution < 1.29 is 5.11 Å². The van der Waals surface area contributed by atoms with Crippen LogP contribution in [0.2, 0.25) is 0 Å². The van der Waals surface area contributed by atoms with Crippen molar-refractivity contribution >= 4 is 0 Å². The molecule has 0 heterocycles. The number of hydrogen-bond acceptors (Lipinski definition) is 1. The topological polar surface area (TPSA) is 20.2 Å². The predicted octanol–water partition coefficient (Wildman–Crippen LogP) is 4.57. The highest BCUT2D eigenvalue weighted by atomic mass is 16.3. The third-order valence-electron chi connectivity index (χ3n) is 4.63. The van der Waals surface area contributed by atoms with E-state index in [0.29, 0.717) is 0 Å². The molecular weight excluding hydrogens is 220 g/mol. The molecule has 2 saturated carbocycles. The van der Waals surface area contributed by atoms with E-state index in [9.17, 15) is 5.11 Å². The molecule has 1 nitrogen and oxygen atoms in total. The van der Waals surface area contributed by atoms with Crippen molar-refractivity contribution in [3.05, 3.63) is 35.4 Å². The molecule has 2 aliphatic carbocycles. The first-order valence-corrected chi connectivity index (χ1v) is 7.61. The molecule has 0 radical (unpaired) electrons. The maximum absolute atomic E-state index is 10.4. The molecule has 0 bridgehead atoms. The SMILES string of the molecule is OC(CC1CCCCC1)c1cccc(C2CC2)c1. The van der Waals surface area contributed by atoms with Gasteiger partial charge in [-0.05, 0) is 42.2 Å². The van der Waals surface area contributed by atoms with Crippen LogP contribution >= 0.6 is 0 Å². The summed E-state index contributed by atoms with van der Waals surface area (Å²) in [5.41, 5.74) is 2.58. The summed E-state index contributed by atoms with van der Waals surface area (Å²) in [5, 5.41) is 10.4. The lowest BCUT2D eigenvalue weighted by Gasteiger charge is -2.24. The van der Waals surface area contributed by atoms with E-state index in [1.165, 1.54) is 50.5 Å². The zero-order valence-electron chi connectivity index (χ0n) is 11.1. The summed E-state index contributed by atoms with van der Waals surface area (Å²) >= 11 is 0. The maximum atomic E-state index is 10.4. The number of aliphatic hydroxyl groups excluding tert-OH is 1. The first-order chi connectivity index (χ1) is 8.83. The molecule has 2 aliphatic rings. The van der Waals surface area contributed by atoms with Gasteiger partial charge in [0.05, 0.1) is 6.10 Å². The summed E-state index contributed by atoms with van der Waals surface area (Å²) in [7, 11) is 0. The molecule has 0 amide bonds. The Bertz CT molecular complexity index is 388. The van der Waals surface area contributed by atoms with Crippen LogP contribution in [0.3, 0.4) is 0 Å². The number of aliphatic hydroxyl groups is 1. The first kappa shape index (κ1) is 12.2. The Morgan fingerprint density at radius 3 is 2.56 bits per heavy atom. The van der Waals surface area contributed by atoms with Crippen LogP contribution in [0.25, 0.3) is 0 Å². The van der Waals surface area contributed by atoms with Crippen molar-refractivity contribution in [2.45, 2.75) is 63.4 Å². The molecule has 1 unspecified atom stereocenters. The fraction of sp³-hybridized carbons (Fsp3) is 0.647. The van der Waals surface area contributed by atoms with E-state index < -0.39 is 0 Å². The van der Waals surface area contributed by atoms with Crippen LogP contribution in [0, 0.1) is 5.92 Å². The average molecular weight is 244 g/mol. The van der Waals surface area contributed by atoms with Crippen molar-refractivity contribution in [1.82, 2.24) is 0 Å². The van der Waals surface area contributed by atoms with Crippen molar-refractivity contribution in [1.29, 1.82) is 0 Å². The van der Waals surface area contributed by atoms with Crippen molar-refractivity contribution in [2.24, 2.45) is 5.92 Å². The van der Waals surface area contributed by atoms with Gasteiger partial charge in [0.2, 0.25) is 0 Å². The molecule has 1 aromatic carbocycles. The number of benzene rings is 1. The second-order valence-electron chi connectivity index (χ2n) is 6.20. The third-order valence-corrected chi connectivity index (χ3v) is 4.63. The smallest absolute Gasteiger partial charge is 0.0792 e. The largest absolute Gasteiger partial charge is 0.388 e. The Morgan fingerprint density at radius 2 is 1.83 bits per heavy atom. The summed E-state index contributed by atoms with van der Waals surface area (Å²) in [6.07, 6.45) is 10.1. The van der Waals surface area contributed by atoms with Crippen molar-refractivity contribution in [2.75, 3.05) is 0 Å². The molecule has 3 rings (SSSR count). The van der Waals surface area contributed by atoms with E-state index >= 15 is 0 Å². The summed E-state index contributed by atoms with van der Waals surface area (Å²) in [5.74, 6) is 1.53. The molecule has 0 saturated heterocycles. The van der Waals surface area contributed by atoms with Gasteiger partial charge in [0, 0.05) is 0 Å². The Kier molecular flexibility index (Phi) is 3.69. The zero-order chi connectivity index (χ0) is 12.4. The van der Waals surface area contributed by atoms with Crippen LogP contribution in [-0.2, 0) is 0 Å². The van der Waals surface area contributed by atoms with Gasteiger partial charge in [0.15, 0.2) is 0 Å². The van der Waals surface area contributed by atoms with Crippen LogP contribution in [0.5, 0.6) is 0 Å². The van der Waals surface area contributed by atoms with Gasteiger partial charge in [0.25, 0.3) is 0 Å². The predicted molar refractivity (Wildman–Crippen MR) is 74.6 cm³/mol. The number of rotatable bonds is 4. The summed E-state index contributed by atoms with van der Waals surface area (Å²) in [4.78, 5) is 0. The fourth-order valence-electron chi connectivity index (χ4n) is 3.31. The normalized spacial score (nSPS) is 22.9. The lowest BCUT2D eigenvalue weighted by molar-refractivity contribution is 0.131. The molecule has 1 heteroatoms. The van der Waals surface area contributed by atoms with Gasteiger partial charge in [-0.15, -0.1) is 0 Å². The maximum Gasteiger partial charge on any atom is 0.0792 e. The van der Waals surface area contributed by atoms with E-state index in [2.05, 4.69) is 24.3 Å². The highest BCUT2D eigenvalue weighted by molar-refractivity contribution is 5.30. The van der Waals surface area contributed by atoms with Crippen LogP contribution in [0.1, 0.15) is 74.5 Å². The minimum atomic E-state index is -0.244. The lowest BCUT2D eigenvalue weighted by Crippen LogP contribution is -2.11. The third kappa shape index (κ3) is 2.95. The molecule has 1 atom stereocenters. The van der Waals surface area contributed by atoms with E-state index in [-0.39, 0.29) is 6.10 Å². The fourth-order valence-corrected chi connectivity index (χ4v) is 3.31.